The monoisotopic (exact) mass is 293 g/mol. The Balaban J connectivity index is 0.00000324. The van der Waals surface area contributed by atoms with Crippen molar-refractivity contribution in [1.29, 1.82) is 0 Å². The molecule has 0 heterocycles. The third-order valence-corrected chi connectivity index (χ3v) is 3.09. The molecule has 1 atom stereocenters. The number of benzene rings is 1. The Labute approximate surface area is 119 Å². The molecule has 1 aromatic rings. The Kier molecular flexibility index (Phi) is 6.55. The van der Waals surface area contributed by atoms with Gasteiger partial charge in [0.25, 0.3) is 0 Å². The van der Waals surface area contributed by atoms with Gasteiger partial charge in [-0.3, -0.25) is 0 Å². The Hall–Kier alpha value is -1.04. The summed E-state index contributed by atoms with van der Waals surface area (Å²) in [5, 5.41) is 9.29. The van der Waals surface area contributed by atoms with E-state index in [4.69, 9.17) is 15.2 Å². The van der Waals surface area contributed by atoms with Crippen molar-refractivity contribution in [3.63, 3.8) is 0 Å². The highest BCUT2D eigenvalue weighted by atomic mass is 35.5. The van der Waals surface area contributed by atoms with E-state index >= 15 is 0 Å². The number of ether oxygens (including phenoxy) is 2. The van der Waals surface area contributed by atoms with Gasteiger partial charge in [-0.05, 0) is 6.07 Å². The normalized spacial score (nSPS) is 12.6. The fourth-order valence-electron chi connectivity index (χ4n) is 1.63. The van der Waals surface area contributed by atoms with Gasteiger partial charge in [0.1, 0.15) is 5.82 Å². The van der Waals surface area contributed by atoms with Crippen molar-refractivity contribution in [1.82, 2.24) is 0 Å². The molecule has 1 rings (SSSR count). The van der Waals surface area contributed by atoms with Gasteiger partial charge in [0.2, 0.25) is 0 Å². The molecule has 0 aliphatic heterocycles. The first-order chi connectivity index (χ1) is 8.37. The van der Waals surface area contributed by atoms with Crippen LogP contribution >= 0.6 is 12.4 Å². The zero-order valence-corrected chi connectivity index (χ0v) is 12.4. The van der Waals surface area contributed by atoms with Gasteiger partial charge in [-0.2, -0.15) is 0 Å². The number of hydrogen-bond donors (Lipinski definition) is 2. The average molecular weight is 294 g/mol. The van der Waals surface area contributed by atoms with Crippen LogP contribution in [0.15, 0.2) is 12.1 Å². The topological polar surface area (TPSA) is 64.7 Å². The SMILES string of the molecule is COc1cc(F)c([C@@H](N)C(C)(C)CO)cc1OC.Cl. The maximum Gasteiger partial charge on any atom is 0.163 e. The second-order valence-electron chi connectivity index (χ2n) is 4.85. The van der Waals surface area contributed by atoms with E-state index in [1.807, 2.05) is 0 Å². The molecular weight excluding hydrogens is 273 g/mol. The van der Waals surface area contributed by atoms with Gasteiger partial charge in [0.15, 0.2) is 11.5 Å². The molecule has 6 heteroatoms. The molecule has 4 nitrogen and oxygen atoms in total. The minimum atomic E-state index is -0.637. The molecule has 0 aliphatic rings. The van der Waals surface area contributed by atoms with Crippen molar-refractivity contribution >= 4 is 12.4 Å². The molecule has 0 aromatic heterocycles. The quantitative estimate of drug-likeness (QED) is 0.874. The van der Waals surface area contributed by atoms with Gasteiger partial charge in [-0.1, -0.05) is 13.8 Å². The lowest BCUT2D eigenvalue weighted by molar-refractivity contribution is 0.130. The van der Waals surface area contributed by atoms with Crippen molar-refractivity contribution in [3.8, 4) is 11.5 Å². The number of rotatable bonds is 5. The molecule has 0 saturated heterocycles. The van der Waals surface area contributed by atoms with Gasteiger partial charge < -0.3 is 20.3 Å². The van der Waals surface area contributed by atoms with Crippen molar-refractivity contribution in [2.24, 2.45) is 11.1 Å². The predicted molar refractivity (Wildman–Crippen MR) is 74.5 cm³/mol. The Morgan fingerprint density at radius 3 is 2.16 bits per heavy atom. The van der Waals surface area contributed by atoms with Gasteiger partial charge in [-0.25, -0.2) is 4.39 Å². The second kappa shape index (κ2) is 6.93. The average Bonchev–Trinajstić information content (AvgIpc) is 2.37. The molecular formula is C13H21ClFNO3. The zero-order chi connectivity index (χ0) is 13.9. The minimum Gasteiger partial charge on any atom is -0.493 e. The summed E-state index contributed by atoms with van der Waals surface area (Å²) in [6.07, 6.45) is 0. The van der Waals surface area contributed by atoms with Crippen LogP contribution in [0, 0.1) is 11.2 Å². The van der Waals surface area contributed by atoms with Crippen LogP contribution < -0.4 is 15.2 Å². The van der Waals surface area contributed by atoms with Crippen LogP contribution in [0.1, 0.15) is 25.5 Å². The fourth-order valence-corrected chi connectivity index (χ4v) is 1.63. The van der Waals surface area contributed by atoms with Crippen LogP contribution in [-0.2, 0) is 0 Å². The van der Waals surface area contributed by atoms with Crippen molar-refractivity contribution in [2.45, 2.75) is 19.9 Å². The summed E-state index contributed by atoms with van der Waals surface area (Å²) in [4.78, 5) is 0. The standard InChI is InChI=1S/C13H20FNO3.ClH/c1-13(2,7-16)12(15)8-5-10(17-3)11(18-4)6-9(8)14;/h5-6,12,16H,7,15H2,1-4H3;1H/t12-;/m1./s1. The third-order valence-electron chi connectivity index (χ3n) is 3.09. The minimum absolute atomic E-state index is 0. The van der Waals surface area contributed by atoms with E-state index in [-0.39, 0.29) is 19.0 Å². The molecule has 0 radical (unpaired) electrons. The molecule has 0 unspecified atom stereocenters. The summed E-state index contributed by atoms with van der Waals surface area (Å²) in [5.74, 6) is 0.257. The largest absolute Gasteiger partial charge is 0.493 e. The summed E-state index contributed by atoms with van der Waals surface area (Å²) in [6.45, 7) is 3.41. The maximum absolute atomic E-state index is 14.0. The molecule has 0 fully saturated rings. The van der Waals surface area contributed by atoms with Crippen LogP contribution in [-0.4, -0.2) is 25.9 Å². The lowest BCUT2D eigenvalue weighted by Gasteiger charge is -2.30. The number of methoxy groups -OCH3 is 2. The smallest absolute Gasteiger partial charge is 0.163 e. The lowest BCUT2D eigenvalue weighted by Crippen LogP contribution is -2.33. The Morgan fingerprint density at radius 1 is 1.26 bits per heavy atom. The first kappa shape index (κ1) is 18.0. The maximum atomic E-state index is 14.0. The van der Waals surface area contributed by atoms with Crippen LogP contribution in [0.3, 0.4) is 0 Å². The van der Waals surface area contributed by atoms with E-state index in [0.29, 0.717) is 17.1 Å². The summed E-state index contributed by atoms with van der Waals surface area (Å²) in [6, 6.07) is 2.11. The first-order valence-corrected chi connectivity index (χ1v) is 5.65. The van der Waals surface area contributed by atoms with Gasteiger partial charge in [0, 0.05) is 29.7 Å². The Morgan fingerprint density at radius 2 is 1.74 bits per heavy atom. The molecule has 1 aromatic carbocycles. The van der Waals surface area contributed by atoms with Crippen molar-refractivity contribution in [2.75, 3.05) is 20.8 Å². The summed E-state index contributed by atoms with van der Waals surface area (Å²) in [7, 11) is 2.91. The van der Waals surface area contributed by atoms with E-state index in [1.54, 1.807) is 13.8 Å². The molecule has 19 heavy (non-hydrogen) atoms. The van der Waals surface area contributed by atoms with E-state index in [0.717, 1.165) is 0 Å². The van der Waals surface area contributed by atoms with E-state index in [9.17, 15) is 9.50 Å². The summed E-state index contributed by atoms with van der Waals surface area (Å²) < 4.78 is 24.1. The first-order valence-electron chi connectivity index (χ1n) is 5.65. The van der Waals surface area contributed by atoms with Crippen LogP contribution in [0.4, 0.5) is 4.39 Å². The van der Waals surface area contributed by atoms with Crippen LogP contribution in [0.5, 0.6) is 11.5 Å². The highest BCUT2D eigenvalue weighted by Crippen LogP contribution is 2.37. The lowest BCUT2D eigenvalue weighted by atomic mass is 9.81. The molecule has 0 spiro atoms. The molecule has 0 amide bonds. The number of aliphatic hydroxyl groups excluding tert-OH is 1. The molecule has 0 aliphatic carbocycles. The van der Waals surface area contributed by atoms with Gasteiger partial charge in [-0.15, -0.1) is 12.4 Å². The molecule has 0 bridgehead atoms. The molecule has 3 N–H and O–H groups in total. The zero-order valence-electron chi connectivity index (χ0n) is 11.6. The van der Waals surface area contributed by atoms with Gasteiger partial charge >= 0.3 is 0 Å². The van der Waals surface area contributed by atoms with Crippen molar-refractivity contribution in [3.05, 3.63) is 23.5 Å². The number of nitrogens with two attached hydrogens (primary N) is 1. The molecule has 0 saturated carbocycles. The predicted octanol–water partition coefficient (Wildman–Crippen LogP) is 2.28. The highest BCUT2D eigenvalue weighted by Gasteiger charge is 2.30. The van der Waals surface area contributed by atoms with Crippen molar-refractivity contribution < 1.29 is 19.0 Å². The van der Waals surface area contributed by atoms with E-state index in [2.05, 4.69) is 0 Å². The number of hydrogen-bond acceptors (Lipinski definition) is 4. The van der Waals surface area contributed by atoms with Gasteiger partial charge in [0.05, 0.1) is 14.2 Å². The Bertz CT molecular complexity index is 427. The second-order valence-corrected chi connectivity index (χ2v) is 4.85. The van der Waals surface area contributed by atoms with Crippen LogP contribution in [0.2, 0.25) is 0 Å². The fraction of sp³-hybridized carbons (Fsp3) is 0.538. The number of halogens is 2. The third kappa shape index (κ3) is 3.72. The van der Waals surface area contributed by atoms with E-state index in [1.165, 1.54) is 26.4 Å². The summed E-state index contributed by atoms with van der Waals surface area (Å²) >= 11 is 0. The van der Waals surface area contributed by atoms with E-state index < -0.39 is 17.3 Å². The highest BCUT2D eigenvalue weighted by molar-refractivity contribution is 5.85. The summed E-state index contributed by atoms with van der Waals surface area (Å²) in [5.41, 5.74) is 5.68. The molecule has 110 valence electrons. The van der Waals surface area contributed by atoms with Crippen LogP contribution in [0.25, 0.3) is 0 Å². The number of aliphatic hydroxyl groups is 1.